The first kappa shape index (κ1) is 15.3. The predicted octanol–water partition coefficient (Wildman–Crippen LogP) is 4.09. The van der Waals surface area contributed by atoms with E-state index in [1.165, 1.54) is 31.2 Å². The van der Waals surface area contributed by atoms with Gasteiger partial charge in [-0.2, -0.15) is 0 Å². The molecule has 1 aromatic carbocycles. The van der Waals surface area contributed by atoms with E-state index in [1.807, 2.05) is 12.1 Å². The van der Waals surface area contributed by atoms with E-state index >= 15 is 0 Å². The molecule has 1 aliphatic rings. The highest BCUT2D eigenvalue weighted by Crippen LogP contribution is 2.24. The molecule has 0 amide bonds. The second kappa shape index (κ2) is 7.63. The minimum atomic E-state index is -0.0841. The summed E-state index contributed by atoms with van der Waals surface area (Å²) in [5, 5.41) is 3.47. The summed E-state index contributed by atoms with van der Waals surface area (Å²) < 4.78 is 14.1. The Balaban J connectivity index is 2.07. The van der Waals surface area contributed by atoms with Crippen LogP contribution in [-0.4, -0.2) is 19.1 Å². The molecule has 20 heavy (non-hydrogen) atoms. The fourth-order valence-corrected chi connectivity index (χ4v) is 2.66. The Morgan fingerprint density at radius 1 is 1.20 bits per heavy atom. The van der Waals surface area contributed by atoms with E-state index in [4.69, 9.17) is 0 Å². The molecule has 1 heterocycles. The van der Waals surface area contributed by atoms with Crippen molar-refractivity contribution in [1.82, 2.24) is 5.32 Å². The van der Waals surface area contributed by atoms with Gasteiger partial charge in [-0.15, -0.1) is 0 Å². The summed E-state index contributed by atoms with van der Waals surface area (Å²) in [6.45, 7) is 7.14. The molecule has 1 aliphatic heterocycles. The molecule has 1 atom stereocenters. The Labute approximate surface area is 122 Å². The van der Waals surface area contributed by atoms with Crippen molar-refractivity contribution in [1.29, 1.82) is 0 Å². The maximum absolute atomic E-state index is 14.1. The quantitative estimate of drug-likeness (QED) is 0.872. The zero-order valence-corrected chi connectivity index (χ0v) is 12.8. The smallest absolute Gasteiger partial charge is 0.146 e. The summed E-state index contributed by atoms with van der Waals surface area (Å²) >= 11 is 0. The second-order valence-electron chi connectivity index (χ2n) is 5.88. The van der Waals surface area contributed by atoms with E-state index < -0.39 is 0 Å². The van der Waals surface area contributed by atoms with E-state index in [9.17, 15) is 4.39 Å². The summed E-state index contributed by atoms with van der Waals surface area (Å²) in [6, 6.07) is 6.04. The molecular formula is C17H27FN2. The van der Waals surface area contributed by atoms with Crippen molar-refractivity contribution in [2.75, 3.05) is 18.0 Å². The van der Waals surface area contributed by atoms with E-state index in [2.05, 4.69) is 24.1 Å². The first-order valence-corrected chi connectivity index (χ1v) is 7.97. The summed E-state index contributed by atoms with van der Waals surface area (Å²) in [7, 11) is 0. The number of hydrogen-bond acceptors (Lipinski definition) is 2. The Kier molecular flexibility index (Phi) is 5.84. The first-order valence-electron chi connectivity index (χ1n) is 7.97. The van der Waals surface area contributed by atoms with Gasteiger partial charge in [-0.25, -0.2) is 4.39 Å². The predicted molar refractivity (Wildman–Crippen MR) is 83.7 cm³/mol. The van der Waals surface area contributed by atoms with Gasteiger partial charge in [0.2, 0.25) is 0 Å². The molecule has 1 saturated heterocycles. The van der Waals surface area contributed by atoms with Crippen LogP contribution in [0.1, 0.15) is 51.5 Å². The van der Waals surface area contributed by atoms with E-state index in [0.29, 0.717) is 6.04 Å². The van der Waals surface area contributed by atoms with Crippen molar-refractivity contribution in [3.8, 4) is 0 Å². The molecule has 3 heteroatoms. The normalized spacial score (nSPS) is 17.9. The summed E-state index contributed by atoms with van der Waals surface area (Å²) in [5.41, 5.74) is 1.96. The Morgan fingerprint density at radius 3 is 2.55 bits per heavy atom. The molecule has 0 aliphatic carbocycles. The van der Waals surface area contributed by atoms with Gasteiger partial charge in [-0.3, -0.25) is 0 Å². The lowest BCUT2D eigenvalue weighted by Gasteiger charge is -2.24. The van der Waals surface area contributed by atoms with Gasteiger partial charge in [0.05, 0.1) is 5.69 Å². The van der Waals surface area contributed by atoms with Crippen molar-refractivity contribution < 1.29 is 4.39 Å². The summed E-state index contributed by atoms with van der Waals surface area (Å²) in [4.78, 5) is 2.22. The van der Waals surface area contributed by atoms with Crippen LogP contribution in [-0.2, 0) is 6.54 Å². The number of halogens is 1. The highest BCUT2D eigenvalue weighted by molar-refractivity contribution is 5.50. The SMILES string of the molecule is CCC(C)NCc1ccc(F)c(N2CCCCCC2)c1. The molecule has 1 fully saturated rings. The zero-order chi connectivity index (χ0) is 14.4. The van der Waals surface area contributed by atoms with Crippen molar-refractivity contribution in [2.24, 2.45) is 0 Å². The van der Waals surface area contributed by atoms with E-state index in [1.54, 1.807) is 6.07 Å². The first-order chi connectivity index (χ1) is 9.70. The molecule has 0 saturated carbocycles. The van der Waals surface area contributed by atoms with Gasteiger partial charge in [0.15, 0.2) is 0 Å². The minimum absolute atomic E-state index is 0.0841. The van der Waals surface area contributed by atoms with E-state index in [-0.39, 0.29) is 5.82 Å². The van der Waals surface area contributed by atoms with E-state index in [0.717, 1.165) is 31.7 Å². The number of rotatable bonds is 5. The molecular weight excluding hydrogens is 251 g/mol. The second-order valence-corrected chi connectivity index (χ2v) is 5.88. The fourth-order valence-electron chi connectivity index (χ4n) is 2.66. The van der Waals surface area contributed by atoms with Crippen LogP contribution in [0.3, 0.4) is 0 Å². The number of hydrogen-bond donors (Lipinski definition) is 1. The molecule has 112 valence electrons. The molecule has 0 spiro atoms. The standard InChI is InChI=1S/C17H27FN2/c1-3-14(2)19-13-15-8-9-16(18)17(12-15)20-10-6-4-5-7-11-20/h8-9,12,14,19H,3-7,10-11,13H2,1-2H3. The lowest BCUT2D eigenvalue weighted by Crippen LogP contribution is -2.26. The maximum atomic E-state index is 14.1. The topological polar surface area (TPSA) is 15.3 Å². The van der Waals surface area contributed by atoms with Crippen molar-refractivity contribution in [3.05, 3.63) is 29.6 Å². The van der Waals surface area contributed by atoms with Crippen molar-refractivity contribution in [2.45, 2.75) is 58.5 Å². The van der Waals surface area contributed by atoms with Crippen LogP contribution < -0.4 is 10.2 Å². The highest BCUT2D eigenvalue weighted by Gasteiger charge is 2.14. The third-order valence-corrected chi connectivity index (χ3v) is 4.22. The molecule has 0 bridgehead atoms. The maximum Gasteiger partial charge on any atom is 0.146 e. The van der Waals surface area contributed by atoms with Crippen LogP contribution in [0.2, 0.25) is 0 Å². The van der Waals surface area contributed by atoms with Crippen molar-refractivity contribution in [3.63, 3.8) is 0 Å². The molecule has 1 aromatic rings. The number of anilines is 1. The van der Waals surface area contributed by atoms with Crippen molar-refractivity contribution >= 4 is 5.69 Å². The van der Waals surface area contributed by atoms with Gasteiger partial charge in [-0.1, -0.05) is 25.8 Å². The fraction of sp³-hybridized carbons (Fsp3) is 0.647. The molecule has 0 aromatic heterocycles. The average Bonchev–Trinajstić information content (AvgIpc) is 2.75. The van der Waals surface area contributed by atoms with Gasteiger partial charge < -0.3 is 10.2 Å². The average molecular weight is 278 g/mol. The number of nitrogens with one attached hydrogen (secondary N) is 1. The molecule has 0 radical (unpaired) electrons. The molecule has 2 rings (SSSR count). The van der Waals surface area contributed by atoms with Gasteiger partial charge in [-0.05, 0) is 43.9 Å². The minimum Gasteiger partial charge on any atom is -0.369 e. The summed E-state index contributed by atoms with van der Waals surface area (Å²) in [6.07, 6.45) is 6.00. The van der Waals surface area contributed by atoms with Gasteiger partial charge >= 0.3 is 0 Å². The third-order valence-electron chi connectivity index (χ3n) is 4.22. The van der Waals surface area contributed by atoms with Crippen LogP contribution in [0.15, 0.2) is 18.2 Å². The lowest BCUT2D eigenvalue weighted by atomic mass is 10.1. The Morgan fingerprint density at radius 2 is 1.90 bits per heavy atom. The zero-order valence-electron chi connectivity index (χ0n) is 12.8. The van der Waals surface area contributed by atoms with Gasteiger partial charge in [0, 0.05) is 25.7 Å². The van der Waals surface area contributed by atoms with Crippen LogP contribution in [0.5, 0.6) is 0 Å². The Hall–Kier alpha value is -1.09. The number of nitrogens with zero attached hydrogens (tertiary/aromatic N) is 1. The number of benzene rings is 1. The molecule has 1 N–H and O–H groups in total. The Bertz CT molecular complexity index is 411. The lowest BCUT2D eigenvalue weighted by molar-refractivity contribution is 0.533. The summed E-state index contributed by atoms with van der Waals surface area (Å²) in [5.74, 6) is -0.0841. The van der Waals surface area contributed by atoms with Gasteiger partial charge in [0.1, 0.15) is 5.82 Å². The largest absolute Gasteiger partial charge is 0.369 e. The highest BCUT2D eigenvalue weighted by atomic mass is 19.1. The molecule has 2 nitrogen and oxygen atoms in total. The monoisotopic (exact) mass is 278 g/mol. The van der Waals surface area contributed by atoms with Crippen LogP contribution in [0, 0.1) is 5.82 Å². The van der Waals surface area contributed by atoms with Crippen LogP contribution >= 0.6 is 0 Å². The molecule has 1 unspecified atom stereocenters. The van der Waals surface area contributed by atoms with Gasteiger partial charge in [0.25, 0.3) is 0 Å². The van der Waals surface area contributed by atoms with Crippen LogP contribution in [0.4, 0.5) is 10.1 Å². The third kappa shape index (κ3) is 4.20. The van der Waals surface area contributed by atoms with Crippen LogP contribution in [0.25, 0.3) is 0 Å².